The Morgan fingerprint density at radius 3 is 2.35 bits per heavy atom. The SMILES string of the molecule is CC(C)C1CCCCC1N(C)CC(C)(C)CN. The molecule has 1 fully saturated rings. The van der Waals surface area contributed by atoms with Crippen molar-refractivity contribution >= 4 is 0 Å². The lowest BCUT2D eigenvalue weighted by Gasteiger charge is -2.42. The fourth-order valence-corrected chi connectivity index (χ4v) is 3.32. The van der Waals surface area contributed by atoms with Crippen LogP contribution in [0.3, 0.4) is 0 Å². The second-order valence-electron chi connectivity index (χ2n) is 7.04. The van der Waals surface area contributed by atoms with Crippen molar-refractivity contribution in [3.63, 3.8) is 0 Å². The van der Waals surface area contributed by atoms with Crippen LogP contribution in [0.15, 0.2) is 0 Å². The average Bonchev–Trinajstić information content (AvgIpc) is 2.28. The minimum absolute atomic E-state index is 0.244. The second kappa shape index (κ2) is 6.19. The van der Waals surface area contributed by atoms with E-state index < -0.39 is 0 Å². The molecule has 1 aliphatic rings. The first kappa shape index (κ1) is 15.0. The molecule has 0 aromatic rings. The smallest absolute Gasteiger partial charge is 0.0123 e. The molecular weight excluding hydrogens is 208 g/mol. The summed E-state index contributed by atoms with van der Waals surface area (Å²) in [6.45, 7) is 11.2. The molecule has 2 unspecified atom stereocenters. The van der Waals surface area contributed by atoms with Gasteiger partial charge in [0, 0.05) is 12.6 Å². The van der Waals surface area contributed by atoms with Gasteiger partial charge in [0.1, 0.15) is 0 Å². The Balaban J connectivity index is 2.62. The minimum Gasteiger partial charge on any atom is -0.330 e. The highest BCUT2D eigenvalue weighted by Gasteiger charge is 2.32. The van der Waals surface area contributed by atoms with Crippen LogP contribution >= 0.6 is 0 Å². The van der Waals surface area contributed by atoms with Crippen LogP contribution in [0.2, 0.25) is 0 Å². The van der Waals surface area contributed by atoms with Crippen LogP contribution in [0.1, 0.15) is 53.4 Å². The van der Waals surface area contributed by atoms with E-state index in [1.807, 2.05) is 0 Å². The third-order valence-electron chi connectivity index (χ3n) is 4.43. The molecule has 0 radical (unpaired) electrons. The summed E-state index contributed by atoms with van der Waals surface area (Å²) in [6.07, 6.45) is 5.62. The highest BCUT2D eigenvalue weighted by Crippen LogP contribution is 2.34. The van der Waals surface area contributed by atoms with Gasteiger partial charge in [-0.2, -0.15) is 0 Å². The van der Waals surface area contributed by atoms with E-state index in [4.69, 9.17) is 5.73 Å². The average molecular weight is 240 g/mol. The van der Waals surface area contributed by atoms with E-state index in [9.17, 15) is 0 Å². The number of nitrogens with zero attached hydrogens (tertiary/aromatic N) is 1. The van der Waals surface area contributed by atoms with Gasteiger partial charge in [0.2, 0.25) is 0 Å². The summed E-state index contributed by atoms with van der Waals surface area (Å²) in [6, 6.07) is 0.773. The second-order valence-corrected chi connectivity index (χ2v) is 7.04. The first-order valence-electron chi connectivity index (χ1n) is 7.27. The molecule has 2 heteroatoms. The van der Waals surface area contributed by atoms with E-state index in [1.54, 1.807) is 0 Å². The zero-order valence-corrected chi connectivity index (χ0v) is 12.5. The molecule has 0 aromatic heterocycles. The highest BCUT2D eigenvalue weighted by molar-refractivity contribution is 4.86. The van der Waals surface area contributed by atoms with Gasteiger partial charge in [0.05, 0.1) is 0 Å². The highest BCUT2D eigenvalue weighted by atomic mass is 15.1. The molecule has 0 aliphatic heterocycles. The van der Waals surface area contributed by atoms with Crippen molar-refractivity contribution in [1.29, 1.82) is 0 Å². The Bertz CT molecular complexity index is 223. The first-order chi connectivity index (χ1) is 7.87. The van der Waals surface area contributed by atoms with Crippen LogP contribution in [0.4, 0.5) is 0 Å². The fourth-order valence-electron chi connectivity index (χ4n) is 3.32. The summed E-state index contributed by atoms with van der Waals surface area (Å²) in [5, 5.41) is 0. The molecule has 0 amide bonds. The summed E-state index contributed by atoms with van der Waals surface area (Å²) in [7, 11) is 2.29. The van der Waals surface area contributed by atoms with Crippen molar-refractivity contribution < 1.29 is 0 Å². The Kier molecular flexibility index (Phi) is 5.46. The summed E-state index contributed by atoms with van der Waals surface area (Å²) >= 11 is 0. The van der Waals surface area contributed by atoms with Crippen LogP contribution in [0.5, 0.6) is 0 Å². The molecule has 17 heavy (non-hydrogen) atoms. The van der Waals surface area contributed by atoms with Crippen LogP contribution in [0, 0.1) is 17.3 Å². The molecule has 1 rings (SSSR count). The van der Waals surface area contributed by atoms with Gasteiger partial charge in [-0.1, -0.05) is 40.5 Å². The van der Waals surface area contributed by atoms with E-state index in [0.717, 1.165) is 31.0 Å². The van der Waals surface area contributed by atoms with E-state index in [1.165, 1.54) is 25.7 Å². The van der Waals surface area contributed by atoms with E-state index in [2.05, 4.69) is 39.6 Å². The maximum atomic E-state index is 5.85. The lowest BCUT2D eigenvalue weighted by molar-refractivity contribution is 0.0717. The summed E-state index contributed by atoms with van der Waals surface area (Å²) in [5.41, 5.74) is 6.10. The van der Waals surface area contributed by atoms with Gasteiger partial charge in [-0.15, -0.1) is 0 Å². The monoisotopic (exact) mass is 240 g/mol. The van der Waals surface area contributed by atoms with Crippen molar-refractivity contribution in [2.45, 2.75) is 59.4 Å². The van der Waals surface area contributed by atoms with Crippen LogP contribution in [-0.4, -0.2) is 31.1 Å². The zero-order chi connectivity index (χ0) is 13.1. The molecule has 2 N–H and O–H groups in total. The maximum Gasteiger partial charge on any atom is 0.0123 e. The van der Waals surface area contributed by atoms with Crippen molar-refractivity contribution in [2.75, 3.05) is 20.1 Å². The standard InChI is InChI=1S/C15H32N2/c1-12(2)13-8-6-7-9-14(13)17(5)11-15(3,4)10-16/h12-14H,6-11,16H2,1-5H3. The predicted molar refractivity (Wildman–Crippen MR) is 76.0 cm³/mol. The third-order valence-corrected chi connectivity index (χ3v) is 4.43. The summed E-state index contributed by atoms with van der Waals surface area (Å²) in [4.78, 5) is 2.58. The molecular formula is C15H32N2. The number of hydrogen-bond donors (Lipinski definition) is 1. The van der Waals surface area contributed by atoms with Crippen LogP contribution in [-0.2, 0) is 0 Å². The van der Waals surface area contributed by atoms with Gasteiger partial charge in [-0.05, 0) is 43.7 Å². The van der Waals surface area contributed by atoms with Crippen molar-refractivity contribution in [1.82, 2.24) is 4.90 Å². The third kappa shape index (κ3) is 4.26. The van der Waals surface area contributed by atoms with Crippen LogP contribution in [0.25, 0.3) is 0 Å². The topological polar surface area (TPSA) is 29.3 Å². The maximum absolute atomic E-state index is 5.85. The van der Waals surface area contributed by atoms with Crippen molar-refractivity contribution in [3.05, 3.63) is 0 Å². The molecule has 2 nitrogen and oxygen atoms in total. The molecule has 0 heterocycles. The summed E-state index contributed by atoms with van der Waals surface area (Å²) in [5.74, 6) is 1.69. The first-order valence-corrected chi connectivity index (χ1v) is 7.27. The van der Waals surface area contributed by atoms with Gasteiger partial charge in [0.15, 0.2) is 0 Å². The number of nitrogens with two attached hydrogens (primary N) is 1. The van der Waals surface area contributed by atoms with Crippen molar-refractivity contribution in [2.24, 2.45) is 23.0 Å². The molecule has 2 atom stereocenters. The number of rotatable bonds is 5. The molecule has 0 bridgehead atoms. The van der Waals surface area contributed by atoms with Gasteiger partial charge >= 0.3 is 0 Å². The Morgan fingerprint density at radius 1 is 1.24 bits per heavy atom. The molecule has 0 spiro atoms. The van der Waals surface area contributed by atoms with Crippen LogP contribution < -0.4 is 5.73 Å². The summed E-state index contributed by atoms with van der Waals surface area (Å²) < 4.78 is 0. The zero-order valence-electron chi connectivity index (χ0n) is 12.5. The predicted octanol–water partition coefficient (Wildman–Crippen LogP) is 3.12. The largest absolute Gasteiger partial charge is 0.330 e. The van der Waals surface area contributed by atoms with E-state index in [0.29, 0.717) is 0 Å². The lowest BCUT2D eigenvalue weighted by atomic mass is 9.76. The fraction of sp³-hybridized carbons (Fsp3) is 1.00. The Morgan fingerprint density at radius 2 is 1.82 bits per heavy atom. The molecule has 0 saturated heterocycles. The molecule has 1 aliphatic carbocycles. The minimum atomic E-state index is 0.244. The Hall–Kier alpha value is -0.0800. The van der Waals surface area contributed by atoms with Gasteiger partial charge < -0.3 is 10.6 Å². The molecule has 0 aromatic carbocycles. The number of hydrogen-bond acceptors (Lipinski definition) is 2. The van der Waals surface area contributed by atoms with Crippen molar-refractivity contribution in [3.8, 4) is 0 Å². The van der Waals surface area contributed by atoms with E-state index in [-0.39, 0.29) is 5.41 Å². The van der Waals surface area contributed by atoms with Gasteiger partial charge in [0.25, 0.3) is 0 Å². The quantitative estimate of drug-likeness (QED) is 0.800. The molecule has 1 saturated carbocycles. The molecule has 102 valence electrons. The van der Waals surface area contributed by atoms with Gasteiger partial charge in [-0.25, -0.2) is 0 Å². The lowest BCUT2D eigenvalue weighted by Crippen LogP contribution is -2.47. The Labute approximate surface area is 108 Å². The normalized spacial score (nSPS) is 26.8. The van der Waals surface area contributed by atoms with E-state index >= 15 is 0 Å². The van der Waals surface area contributed by atoms with Gasteiger partial charge in [-0.3, -0.25) is 0 Å².